The fourth-order valence-electron chi connectivity index (χ4n) is 2.58. The summed E-state index contributed by atoms with van der Waals surface area (Å²) >= 11 is 0. The number of amides is 1. The molecule has 0 aliphatic carbocycles. The van der Waals surface area contributed by atoms with Gasteiger partial charge in [-0.3, -0.25) is 9.59 Å². The van der Waals surface area contributed by atoms with Crippen LogP contribution >= 0.6 is 0 Å². The minimum absolute atomic E-state index is 0.0639. The standard InChI is InChI=1S/C15H17F2NO3/c1-8-4-10(13(17)5-12(8)16)14(19)18-6-9(2)11(7-18)15(20)21-3/h4-5,9,11H,6-7H2,1-3H3. The number of carbonyl (C=O) groups excluding carboxylic acids is 2. The molecule has 0 saturated carbocycles. The quantitative estimate of drug-likeness (QED) is 0.786. The predicted octanol–water partition coefficient (Wildman–Crippen LogP) is 2.15. The van der Waals surface area contributed by atoms with Crippen LogP contribution in [0.25, 0.3) is 0 Å². The minimum atomic E-state index is -0.891. The predicted molar refractivity (Wildman–Crippen MR) is 71.7 cm³/mol. The molecule has 4 nitrogen and oxygen atoms in total. The third-order valence-corrected chi connectivity index (χ3v) is 3.88. The molecule has 114 valence electrons. The van der Waals surface area contributed by atoms with Crippen molar-refractivity contribution in [1.29, 1.82) is 0 Å². The fraction of sp³-hybridized carbons (Fsp3) is 0.467. The molecule has 21 heavy (non-hydrogen) atoms. The van der Waals surface area contributed by atoms with Crippen LogP contribution in [0.2, 0.25) is 0 Å². The van der Waals surface area contributed by atoms with Crippen LogP contribution in [0.4, 0.5) is 8.78 Å². The molecule has 2 unspecified atom stereocenters. The fourth-order valence-corrected chi connectivity index (χ4v) is 2.58. The molecule has 2 atom stereocenters. The Morgan fingerprint density at radius 1 is 1.24 bits per heavy atom. The van der Waals surface area contributed by atoms with Crippen LogP contribution in [0, 0.1) is 30.4 Å². The van der Waals surface area contributed by atoms with Crippen LogP contribution in [-0.2, 0) is 9.53 Å². The van der Waals surface area contributed by atoms with Gasteiger partial charge in [-0.05, 0) is 24.5 Å². The van der Waals surface area contributed by atoms with E-state index in [2.05, 4.69) is 0 Å². The number of aryl methyl sites for hydroxylation is 1. The van der Waals surface area contributed by atoms with Crippen LogP contribution < -0.4 is 0 Å². The van der Waals surface area contributed by atoms with Crippen molar-refractivity contribution in [3.8, 4) is 0 Å². The molecule has 2 rings (SSSR count). The molecule has 1 aliphatic rings. The number of halogens is 2. The molecule has 6 heteroatoms. The third-order valence-electron chi connectivity index (χ3n) is 3.88. The van der Waals surface area contributed by atoms with Gasteiger partial charge in [0, 0.05) is 19.2 Å². The van der Waals surface area contributed by atoms with E-state index >= 15 is 0 Å². The Morgan fingerprint density at radius 2 is 1.90 bits per heavy atom. The Labute approximate surface area is 121 Å². The molecule has 1 heterocycles. The first kappa shape index (κ1) is 15.4. The maximum Gasteiger partial charge on any atom is 0.310 e. The zero-order valence-electron chi connectivity index (χ0n) is 12.2. The number of hydrogen-bond donors (Lipinski definition) is 0. The van der Waals surface area contributed by atoms with Crippen molar-refractivity contribution in [2.75, 3.05) is 20.2 Å². The molecule has 0 aromatic heterocycles. The van der Waals surface area contributed by atoms with E-state index in [0.717, 1.165) is 0 Å². The monoisotopic (exact) mass is 297 g/mol. The first-order chi connectivity index (χ1) is 9.85. The normalized spacial score (nSPS) is 21.5. The van der Waals surface area contributed by atoms with E-state index < -0.39 is 23.5 Å². The minimum Gasteiger partial charge on any atom is -0.469 e. The zero-order valence-corrected chi connectivity index (χ0v) is 12.2. The second-order valence-electron chi connectivity index (χ2n) is 5.40. The highest BCUT2D eigenvalue weighted by Gasteiger charge is 2.38. The molecule has 1 amide bonds. The van der Waals surface area contributed by atoms with Gasteiger partial charge in [-0.2, -0.15) is 0 Å². The maximum atomic E-state index is 13.8. The summed E-state index contributed by atoms with van der Waals surface area (Å²) in [6, 6.07) is 1.91. The van der Waals surface area contributed by atoms with E-state index in [0.29, 0.717) is 12.6 Å². The molecule has 0 spiro atoms. The molecule has 1 aromatic carbocycles. The number of likely N-dealkylation sites (tertiary alicyclic amines) is 1. The van der Waals surface area contributed by atoms with Gasteiger partial charge in [0.25, 0.3) is 5.91 Å². The second kappa shape index (κ2) is 5.79. The zero-order chi connectivity index (χ0) is 15.7. The van der Waals surface area contributed by atoms with Crippen LogP contribution in [0.3, 0.4) is 0 Å². The molecular formula is C15H17F2NO3. The Balaban J connectivity index is 2.22. The van der Waals surface area contributed by atoms with Crippen molar-refractivity contribution < 1.29 is 23.1 Å². The lowest BCUT2D eigenvalue weighted by Crippen LogP contribution is -2.31. The van der Waals surface area contributed by atoms with Gasteiger partial charge in [0.15, 0.2) is 0 Å². The molecule has 1 aromatic rings. The van der Waals surface area contributed by atoms with Gasteiger partial charge < -0.3 is 9.64 Å². The Morgan fingerprint density at radius 3 is 2.52 bits per heavy atom. The van der Waals surface area contributed by atoms with E-state index in [1.165, 1.54) is 25.0 Å². The van der Waals surface area contributed by atoms with E-state index in [-0.39, 0.29) is 29.6 Å². The summed E-state index contributed by atoms with van der Waals surface area (Å²) in [6.45, 7) is 3.83. The van der Waals surface area contributed by atoms with Gasteiger partial charge in [-0.25, -0.2) is 8.78 Å². The smallest absolute Gasteiger partial charge is 0.310 e. The lowest BCUT2D eigenvalue weighted by molar-refractivity contribution is -0.146. The summed E-state index contributed by atoms with van der Waals surface area (Å²) in [5.74, 6) is -2.97. The summed E-state index contributed by atoms with van der Waals surface area (Å²) in [6.07, 6.45) is 0. The maximum absolute atomic E-state index is 13.8. The van der Waals surface area contributed by atoms with Crippen LogP contribution in [-0.4, -0.2) is 37.0 Å². The van der Waals surface area contributed by atoms with Crippen LogP contribution in [0.5, 0.6) is 0 Å². The average Bonchev–Trinajstić information content (AvgIpc) is 2.83. The topological polar surface area (TPSA) is 46.6 Å². The van der Waals surface area contributed by atoms with Gasteiger partial charge in [-0.15, -0.1) is 0 Å². The average molecular weight is 297 g/mol. The summed E-state index contributed by atoms with van der Waals surface area (Å²) < 4.78 is 31.7. The van der Waals surface area contributed by atoms with Crippen LogP contribution in [0.1, 0.15) is 22.8 Å². The number of hydrogen-bond acceptors (Lipinski definition) is 3. The molecule has 0 bridgehead atoms. The number of benzene rings is 1. The van der Waals surface area contributed by atoms with Crippen molar-refractivity contribution in [3.63, 3.8) is 0 Å². The highest BCUT2D eigenvalue weighted by Crippen LogP contribution is 2.26. The summed E-state index contributed by atoms with van der Waals surface area (Å²) in [5, 5.41) is 0. The van der Waals surface area contributed by atoms with Gasteiger partial charge >= 0.3 is 5.97 Å². The van der Waals surface area contributed by atoms with Gasteiger partial charge in [0.2, 0.25) is 0 Å². The number of ether oxygens (including phenoxy) is 1. The SMILES string of the molecule is COC(=O)C1CN(C(=O)c2cc(C)c(F)cc2F)CC1C. The summed E-state index contributed by atoms with van der Waals surface area (Å²) in [5.41, 5.74) is 0.0307. The van der Waals surface area contributed by atoms with Gasteiger partial charge in [0.1, 0.15) is 11.6 Å². The largest absolute Gasteiger partial charge is 0.469 e. The number of methoxy groups -OCH3 is 1. The highest BCUT2D eigenvalue weighted by molar-refractivity contribution is 5.95. The Hall–Kier alpha value is -1.98. The molecule has 1 fully saturated rings. The molecule has 1 saturated heterocycles. The number of nitrogens with zero attached hydrogens (tertiary/aromatic N) is 1. The number of esters is 1. The highest BCUT2D eigenvalue weighted by atomic mass is 19.1. The third kappa shape index (κ3) is 2.89. The molecule has 0 radical (unpaired) electrons. The van der Waals surface area contributed by atoms with Crippen LogP contribution in [0.15, 0.2) is 12.1 Å². The van der Waals surface area contributed by atoms with E-state index in [4.69, 9.17) is 4.74 Å². The second-order valence-corrected chi connectivity index (χ2v) is 5.40. The molecule has 0 N–H and O–H groups in total. The summed E-state index contributed by atoms with van der Waals surface area (Å²) in [4.78, 5) is 25.4. The van der Waals surface area contributed by atoms with Gasteiger partial charge in [0.05, 0.1) is 18.6 Å². The Kier molecular flexibility index (Phi) is 4.25. The van der Waals surface area contributed by atoms with Crippen molar-refractivity contribution in [2.45, 2.75) is 13.8 Å². The first-order valence-corrected chi connectivity index (χ1v) is 6.68. The van der Waals surface area contributed by atoms with E-state index in [1.807, 2.05) is 6.92 Å². The van der Waals surface area contributed by atoms with Gasteiger partial charge in [-0.1, -0.05) is 6.92 Å². The lowest BCUT2D eigenvalue weighted by atomic mass is 9.99. The lowest BCUT2D eigenvalue weighted by Gasteiger charge is -2.17. The van der Waals surface area contributed by atoms with Crippen molar-refractivity contribution in [1.82, 2.24) is 4.90 Å². The van der Waals surface area contributed by atoms with E-state index in [9.17, 15) is 18.4 Å². The molecule has 1 aliphatic heterocycles. The number of rotatable bonds is 2. The van der Waals surface area contributed by atoms with Crippen molar-refractivity contribution in [3.05, 3.63) is 34.9 Å². The Bertz CT molecular complexity index is 589. The van der Waals surface area contributed by atoms with Crippen molar-refractivity contribution >= 4 is 11.9 Å². The summed E-state index contributed by atoms with van der Waals surface area (Å²) in [7, 11) is 1.29. The van der Waals surface area contributed by atoms with E-state index in [1.54, 1.807) is 0 Å². The number of carbonyl (C=O) groups is 2. The molecular weight excluding hydrogens is 280 g/mol. The van der Waals surface area contributed by atoms with Crippen molar-refractivity contribution in [2.24, 2.45) is 11.8 Å². The first-order valence-electron chi connectivity index (χ1n) is 6.68.